The quantitative estimate of drug-likeness (QED) is 0.397. The first-order valence-electron chi connectivity index (χ1n) is 10.0. The van der Waals surface area contributed by atoms with E-state index in [1.54, 1.807) is 18.2 Å². The van der Waals surface area contributed by atoms with E-state index < -0.39 is 10.0 Å². The zero-order chi connectivity index (χ0) is 22.3. The standard InChI is InChI=1S/C23H18ClN3O3S2/c24-17-7-8-18(22(28)16-6-5-14-3-1-2-4-15(14)11-16)20(12-17)27-32(29,30)23-19-13-26-31-21(19)9-10-25-23/h1-4,7-10,12-13,16,27H,5-6,11H2. The Morgan fingerprint density at radius 2 is 1.94 bits per heavy atom. The molecule has 4 aromatic rings. The van der Waals surface area contributed by atoms with Crippen LogP contribution in [0, 0.1) is 5.92 Å². The molecule has 1 atom stereocenters. The second-order valence-corrected chi connectivity index (χ2v) is 10.6. The summed E-state index contributed by atoms with van der Waals surface area (Å²) in [5.74, 6) is -0.325. The number of aryl methyl sites for hydroxylation is 1. The summed E-state index contributed by atoms with van der Waals surface area (Å²) in [6.07, 6.45) is 5.07. The zero-order valence-electron chi connectivity index (χ0n) is 16.8. The molecule has 0 saturated heterocycles. The Morgan fingerprint density at radius 3 is 2.78 bits per heavy atom. The minimum absolute atomic E-state index is 0.0998. The van der Waals surface area contributed by atoms with Gasteiger partial charge in [-0.3, -0.25) is 9.52 Å². The Balaban J connectivity index is 1.49. The molecule has 9 heteroatoms. The van der Waals surface area contributed by atoms with Gasteiger partial charge < -0.3 is 0 Å². The van der Waals surface area contributed by atoms with Gasteiger partial charge in [-0.2, -0.15) is 12.8 Å². The first-order chi connectivity index (χ1) is 15.4. The highest BCUT2D eigenvalue weighted by Crippen LogP contribution is 2.32. The second-order valence-electron chi connectivity index (χ2n) is 7.72. The second kappa shape index (κ2) is 8.27. The first-order valence-corrected chi connectivity index (χ1v) is 12.7. The molecule has 0 fully saturated rings. The average molecular weight is 484 g/mol. The van der Waals surface area contributed by atoms with E-state index in [2.05, 4.69) is 20.1 Å². The van der Waals surface area contributed by atoms with E-state index in [9.17, 15) is 13.2 Å². The number of carbonyl (C=O) groups excluding carboxylic acids is 1. The SMILES string of the molecule is O=C(c1ccc(Cl)cc1NS(=O)(=O)c1nccc2sncc12)C1CCc2ccccc2C1. The number of hydrogen-bond donors (Lipinski definition) is 1. The molecule has 0 spiro atoms. The number of sulfonamides is 1. The summed E-state index contributed by atoms with van der Waals surface area (Å²) < 4.78 is 33.7. The first kappa shape index (κ1) is 21.1. The fraction of sp³-hybridized carbons (Fsp3) is 0.174. The summed E-state index contributed by atoms with van der Waals surface area (Å²) in [6, 6.07) is 14.5. The van der Waals surface area contributed by atoms with Crippen LogP contribution >= 0.6 is 23.1 Å². The minimum Gasteiger partial charge on any atom is -0.294 e. The van der Waals surface area contributed by atoms with E-state index in [0.717, 1.165) is 12.0 Å². The Bertz CT molecular complexity index is 1450. The lowest BCUT2D eigenvalue weighted by molar-refractivity contribution is 0.0909. The molecule has 162 valence electrons. The highest BCUT2D eigenvalue weighted by atomic mass is 35.5. The van der Waals surface area contributed by atoms with Gasteiger partial charge in [0.25, 0.3) is 10.0 Å². The minimum atomic E-state index is -4.07. The molecule has 0 bridgehead atoms. The van der Waals surface area contributed by atoms with Gasteiger partial charge in [0.2, 0.25) is 0 Å². The van der Waals surface area contributed by atoms with Crippen molar-refractivity contribution in [2.24, 2.45) is 5.92 Å². The maximum Gasteiger partial charge on any atom is 0.280 e. The molecule has 1 N–H and O–H groups in total. The van der Waals surface area contributed by atoms with Crippen molar-refractivity contribution in [1.82, 2.24) is 9.36 Å². The van der Waals surface area contributed by atoms with Crippen molar-refractivity contribution in [1.29, 1.82) is 0 Å². The molecule has 0 aliphatic heterocycles. The van der Waals surface area contributed by atoms with Gasteiger partial charge in [0.05, 0.1) is 22.0 Å². The maximum atomic E-state index is 13.4. The third-order valence-electron chi connectivity index (χ3n) is 5.71. The predicted octanol–water partition coefficient (Wildman–Crippen LogP) is 5.13. The number of rotatable bonds is 5. The van der Waals surface area contributed by atoms with E-state index in [1.165, 1.54) is 35.6 Å². The molecule has 2 heterocycles. The molecular formula is C23H18ClN3O3S2. The molecule has 5 rings (SSSR count). The van der Waals surface area contributed by atoms with Crippen LogP contribution in [0.4, 0.5) is 5.69 Å². The summed E-state index contributed by atoms with van der Waals surface area (Å²) >= 11 is 7.35. The van der Waals surface area contributed by atoms with Gasteiger partial charge in [0, 0.05) is 22.7 Å². The van der Waals surface area contributed by atoms with E-state index in [4.69, 9.17) is 11.6 Å². The number of pyridine rings is 1. The van der Waals surface area contributed by atoms with Crippen molar-refractivity contribution >= 4 is 54.7 Å². The van der Waals surface area contributed by atoms with Gasteiger partial charge in [-0.05, 0) is 66.2 Å². The van der Waals surface area contributed by atoms with Crippen LogP contribution in [0.5, 0.6) is 0 Å². The van der Waals surface area contributed by atoms with E-state index in [-0.39, 0.29) is 22.4 Å². The van der Waals surface area contributed by atoms with E-state index in [1.807, 2.05) is 18.2 Å². The Morgan fingerprint density at radius 1 is 1.12 bits per heavy atom. The monoisotopic (exact) mass is 483 g/mol. The van der Waals surface area contributed by atoms with Crippen molar-refractivity contribution in [2.45, 2.75) is 24.3 Å². The van der Waals surface area contributed by atoms with Crippen LogP contribution in [0.25, 0.3) is 10.1 Å². The number of ketones is 1. The Hall–Kier alpha value is -2.81. The number of carbonyl (C=O) groups is 1. The molecule has 0 amide bonds. The van der Waals surface area contributed by atoms with Crippen LogP contribution in [-0.2, 0) is 22.9 Å². The highest BCUT2D eigenvalue weighted by Gasteiger charge is 2.29. The van der Waals surface area contributed by atoms with Crippen molar-refractivity contribution in [2.75, 3.05) is 4.72 Å². The third kappa shape index (κ3) is 3.90. The number of fused-ring (bicyclic) bond motifs is 2. The number of hydrogen-bond acceptors (Lipinski definition) is 6. The summed E-state index contributed by atoms with van der Waals surface area (Å²) in [7, 11) is -4.07. The Kier molecular flexibility index (Phi) is 5.44. The summed E-state index contributed by atoms with van der Waals surface area (Å²) in [4.78, 5) is 17.5. The Labute approximate surface area is 194 Å². The molecule has 0 radical (unpaired) electrons. The lowest BCUT2D eigenvalue weighted by Crippen LogP contribution is -2.24. The molecule has 1 aliphatic carbocycles. The summed E-state index contributed by atoms with van der Waals surface area (Å²) in [6.45, 7) is 0. The number of Topliss-reactive ketones (excluding diaryl/α,β-unsaturated/α-hetero) is 1. The molecule has 32 heavy (non-hydrogen) atoms. The fourth-order valence-electron chi connectivity index (χ4n) is 4.14. The normalized spacial score (nSPS) is 16.0. The van der Waals surface area contributed by atoms with Crippen molar-refractivity contribution in [3.8, 4) is 0 Å². The largest absolute Gasteiger partial charge is 0.294 e. The van der Waals surface area contributed by atoms with Crippen molar-refractivity contribution in [3.63, 3.8) is 0 Å². The van der Waals surface area contributed by atoms with Crippen LogP contribution in [0.15, 0.2) is 66.0 Å². The lowest BCUT2D eigenvalue weighted by atomic mass is 9.80. The number of nitrogens with one attached hydrogen (secondary N) is 1. The molecular weight excluding hydrogens is 466 g/mol. The van der Waals surface area contributed by atoms with Gasteiger partial charge in [-0.1, -0.05) is 35.9 Å². The van der Waals surface area contributed by atoms with Crippen LogP contribution in [0.3, 0.4) is 0 Å². The number of halogens is 1. The molecule has 0 saturated carbocycles. The maximum absolute atomic E-state index is 13.4. The molecule has 2 aromatic heterocycles. The van der Waals surface area contributed by atoms with E-state index in [0.29, 0.717) is 33.5 Å². The summed E-state index contributed by atoms with van der Waals surface area (Å²) in [5.41, 5.74) is 2.88. The summed E-state index contributed by atoms with van der Waals surface area (Å²) in [5, 5.41) is 0.633. The van der Waals surface area contributed by atoms with E-state index >= 15 is 0 Å². The average Bonchev–Trinajstić information content (AvgIpc) is 3.27. The molecule has 2 aromatic carbocycles. The molecule has 6 nitrogen and oxygen atoms in total. The topological polar surface area (TPSA) is 89.0 Å². The van der Waals surface area contributed by atoms with Crippen molar-refractivity contribution < 1.29 is 13.2 Å². The van der Waals surface area contributed by atoms with Gasteiger partial charge in [-0.15, -0.1) is 0 Å². The van der Waals surface area contributed by atoms with Crippen molar-refractivity contribution in [3.05, 3.63) is 82.6 Å². The van der Waals surface area contributed by atoms with Crippen LogP contribution in [-0.4, -0.2) is 23.6 Å². The number of anilines is 1. The molecule has 1 aliphatic rings. The van der Waals surface area contributed by atoms with Crippen LogP contribution < -0.4 is 4.72 Å². The predicted molar refractivity (Wildman–Crippen MR) is 126 cm³/mol. The smallest absolute Gasteiger partial charge is 0.280 e. The van der Waals surface area contributed by atoms with Gasteiger partial charge in [-0.25, -0.2) is 4.98 Å². The van der Waals surface area contributed by atoms with Crippen LogP contribution in [0.2, 0.25) is 5.02 Å². The highest BCUT2D eigenvalue weighted by molar-refractivity contribution is 7.92. The van der Waals surface area contributed by atoms with Gasteiger partial charge in [0.1, 0.15) is 0 Å². The molecule has 1 unspecified atom stereocenters. The third-order valence-corrected chi connectivity index (χ3v) is 8.03. The number of aromatic nitrogens is 2. The van der Waals surface area contributed by atoms with Gasteiger partial charge in [0.15, 0.2) is 10.8 Å². The van der Waals surface area contributed by atoms with Crippen LogP contribution in [0.1, 0.15) is 27.9 Å². The fourth-order valence-corrected chi connectivity index (χ4v) is 6.22. The van der Waals surface area contributed by atoms with Gasteiger partial charge >= 0.3 is 0 Å². The zero-order valence-corrected chi connectivity index (χ0v) is 19.2. The lowest BCUT2D eigenvalue weighted by Gasteiger charge is -2.24. The number of nitrogens with zero attached hydrogens (tertiary/aromatic N) is 2. The number of benzene rings is 2.